The third kappa shape index (κ3) is 3.71. The molecule has 2 saturated carbocycles. The van der Waals surface area contributed by atoms with Gasteiger partial charge in [-0.25, -0.2) is 0 Å². The van der Waals surface area contributed by atoms with E-state index in [1.54, 1.807) is 0 Å². The van der Waals surface area contributed by atoms with Crippen LogP contribution in [0.2, 0.25) is 0 Å². The lowest BCUT2D eigenvalue weighted by atomic mass is 10.0. The molecule has 3 nitrogen and oxygen atoms in total. The van der Waals surface area contributed by atoms with E-state index in [1.165, 1.54) is 51.4 Å². The lowest BCUT2D eigenvalue weighted by Crippen LogP contribution is -2.42. The standard InChI is InChI=1S/C16H28N2O/c19-16(10-7-13-4-1-2-5-13)18(15-8-9-15)12-14-6-3-11-17-14/h13-15,17H,1-12H2. The highest BCUT2D eigenvalue weighted by molar-refractivity contribution is 5.77. The van der Waals surface area contributed by atoms with Crippen molar-refractivity contribution in [3.8, 4) is 0 Å². The highest BCUT2D eigenvalue weighted by Gasteiger charge is 2.34. The zero-order valence-electron chi connectivity index (χ0n) is 12.1. The maximum atomic E-state index is 12.5. The molecule has 1 saturated heterocycles. The number of amides is 1. The molecule has 2 aliphatic carbocycles. The maximum Gasteiger partial charge on any atom is 0.222 e. The Hall–Kier alpha value is -0.570. The Morgan fingerprint density at radius 1 is 1.05 bits per heavy atom. The Morgan fingerprint density at radius 3 is 2.47 bits per heavy atom. The summed E-state index contributed by atoms with van der Waals surface area (Å²) in [6.45, 7) is 2.10. The van der Waals surface area contributed by atoms with E-state index in [4.69, 9.17) is 0 Å². The first-order valence-corrected chi connectivity index (χ1v) is 8.36. The largest absolute Gasteiger partial charge is 0.338 e. The fraction of sp³-hybridized carbons (Fsp3) is 0.938. The molecule has 1 N–H and O–H groups in total. The van der Waals surface area contributed by atoms with Crippen molar-refractivity contribution in [1.29, 1.82) is 0 Å². The number of nitrogens with zero attached hydrogens (tertiary/aromatic N) is 1. The molecule has 3 fully saturated rings. The number of carbonyl (C=O) groups is 1. The van der Waals surface area contributed by atoms with Crippen molar-refractivity contribution in [3.63, 3.8) is 0 Å². The van der Waals surface area contributed by atoms with Crippen LogP contribution in [0.1, 0.15) is 64.2 Å². The minimum Gasteiger partial charge on any atom is -0.338 e. The molecule has 0 aromatic rings. The minimum atomic E-state index is 0.433. The molecular formula is C16H28N2O. The molecule has 1 aliphatic heterocycles. The van der Waals surface area contributed by atoms with Crippen LogP contribution in [0.25, 0.3) is 0 Å². The van der Waals surface area contributed by atoms with E-state index in [0.717, 1.165) is 31.8 Å². The van der Waals surface area contributed by atoms with Crippen molar-refractivity contribution >= 4 is 5.91 Å². The summed E-state index contributed by atoms with van der Waals surface area (Å²) in [6, 6.07) is 1.15. The minimum absolute atomic E-state index is 0.433. The molecule has 1 unspecified atom stereocenters. The van der Waals surface area contributed by atoms with E-state index in [0.29, 0.717) is 18.0 Å². The number of hydrogen-bond acceptors (Lipinski definition) is 2. The molecule has 0 bridgehead atoms. The van der Waals surface area contributed by atoms with E-state index in [1.807, 2.05) is 0 Å². The molecule has 108 valence electrons. The van der Waals surface area contributed by atoms with E-state index in [-0.39, 0.29) is 0 Å². The number of carbonyl (C=O) groups excluding carboxylic acids is 1. The summed E-state index contributed by atoms with van der Waals surface area (Å²) in [6.07, 6.45) is 12.4. The molecule has 1 heterocycles. The zero-order chi connectivity index (χ0) is 13.1. The van der Waals surface area contributed by atoms with Gasteiger partial charge in [0.05, 0.1) is 0 Å². The molecule has 19 heavy (non-hydrogen) atoms. The number of nitrogens with one attached hydrogen (secondary N) is 1. The summed E-state index contributed by atoms with van der Waals surface area (Å²) < 4.78 is 0. The van der Waals surface area contributed by atoms with Gasteiger partial charge >= 0.3 is 0 Å². The van der Waals surface area contributed by atoms with Crippen LogP contribution >= 0.6 is 0 Å². The molecule has 3 rings (SSSR count). The van der Waals surface area contributed by atoms with E-state index in [9.17, 15) is 4.79 Å². The molecule has 3 aliphatic rings. The summed E-state index contributed by atoms with van der Waals surface area (Å²) in [7, 11) is 0. The molecule has 0 aromatic carbocycles. The van der Waals surface area contributed by atoms with Gasteiger partial charge in [-0.2, -0.15) is 0 Å². The topological polar surface area (TPSA) is 32.3 Å². The van der Waals surface area contributed by atoms with Crippen molar-refractivity contribution in [2.75, 3.05) is 13.1 Å². The third-order valence-electron chi connectivity index (χ3n) is 5.13. The molecule has 3 heteroatoms. The van der Waals surface area contributed by atoms with Crippen LogP contribution in [0.3, 0.4) is 0 Å². The van der Waals surface area contributed by atoms with Crippen molar-refractivity contribution in [3.05, 3.63) is 0 Å². The molecule has 1 atom stereocenters. The third-order valence-corrected chi connectivity index (χ3v) is 5.13. The fourth-order valence-electron chi connectivity index (χ4n) is 3.76. The normalized spacial score (nSPS) is 27.9. The van der Waals surface area contributed by atoms with Gasteiger partial charge < -0.3 is 10.2 Å². The summed E-state index contributed by atoms with van der Waals surface area (Å²) in [5.74, 6) is 1.28. The zero-order valence-corrected chi connectivity index (χ0v) is 12.1. The van der Waals surface area contributed by atoms with E-state index < -0.39 is 0 Å². The predicted octanol–water partition coefficient (Wildman–Crippen LogP) is 2.70. The Bertz CT molecular complexity index is 302. The first kappa shape index (κ1) is 13.4. The second-order valence-electron chi connectivity index (χ2n) is 6.76. The Kier molecular flexibility index (Phi) is 4.42. The second-order valence-corrected chi connectivity index (χ2v) is 6.76. The monoisotopic (exact) mass is 264 g/mol. The molecule has 0 spiro atoms. The van der Waals surface area contributed by atoms with Crippen molar-refractivity contribution < 1.29 is 4.79 Å². The Labute approximate surface area is 117 Å². The van der Waals surface area contributed by atoms with Crippen LogP contribution in [-0.2, 0) is 4.79 Å². The van der Waals surface area contributed by atoms with Gasteiger partial charge in [-0.15, -0.1) is 0 Å². The number of rotatable bonds is 6. The fourth-order valence-corrected chi connectivity index (χ4v) is 3.76. The van der Waals surface area contributed by atoms with Gasteiger partial charge in [0.1, 0.15) is 0 Å². The van der Waals surface area contributed by atoms with Crippen molar-refractivity contribution in [2.24, 2.45) is 5.92 Å². The van der Waals surface area contributed by atoms with Crippen LogP contribution < -0.4 is 5.32 Å². The summed E-state index contributed by atoms with van der Waals surface area (Å²) in [5.41, 5.74) is 0. The van der Waals surface area contributed by atoms with Crippen LogP contribution in [0, 0.1) is 5.92 Å². The predicted molar refractivity (Wildman–Crippen MR) is 77.0 cm³/mol. The van der Waals surface area contributed by atoms with Crippen molar-refractivity contribution in [1.82, 2.24) is 10.2 Å². The van der Waals surface area contributed by atoms with Crippen LogP contribution in [-0.4, -0.2) is 36.0 Å². The van der Waals surface area contributed by atoms with Crippen molar-refractivity contribution in [2.45, 2.75) is 76.3 Å². The van der Waals surface area contributed by atoms with E-state index in [2.05, 4.69) is 10.2 Å². The van der Waals surface area contributed by atoms with Crippen LogP contribution in [0.4, 0.5) is 0 Å². The molecule has 0 radical (unpaired) electrons. The number of hydrogen-bond donors (Lipinski definition) is 1. The van der Waals surface area contributed by atoms with Crippen LogP contribution in [0.15, 0.2) is 0 Å². The Balaban J connectivity index is 1.46. The summed E-state index contributed by atoms with van der Waals surface area (Å²) in [5, 5.41) is 3.53. The first-order valence-electron chi connectivity index (χ1n) is 8.36. The second kappa shape index (κ2) is 6.25. The SMILES string of the molecule is O=C(CCC1CCCC1)N(CC1CCCN1)C1CC1. The highest BCUT2D eigenvalue weighted by atomic mass is 16.2. The average molecular weight is 264 g/mol. The van der Waals surface area contributed by atoms with Gasteiger partial charge in [0.15, 0.2) is 0 Å². The quantitative estimate of drug-likeness (QED) is 0.800. The van der Waals surface area contributed by atoms with E-state index >= 15 is 0 Å². The summed E-state index contributed by atoms with van der Waals surface area (Å²) >= 11 is 0. The molecular weight excluding hydrogens is 236 g/mol. The average Bonchev–Trinajstić information content (AvgIpc) is 2.94. The van der Waals surface area contributed by atoms with Gasteiger partial charge in [-0.3, -0.25) is 4.79 Å². The van der Waals surface area contributed by atoms with Gasteiger partial charge in [-0.05, 0) is 44.6 Å². The maximum absolute atomic E-state index is 12.5. The lowest BCUT2D eigenvalue weighted by molar-refractivity contribution is -0.132. The first-order chi connectivity index (χ1) is 9.33. The molecule has 1 amide bonds. The molecule has 0 aromatic heterocycles. The van der Waals surface area contributed by atoms with Crippen LogP contribution in [0.5, 0.6) is 0 Å². The van der Waals surface area contributed by atoms with Gasteiger partial charge in [0, 0.05) is 25.0 Å². The van der Waals surface area contributed by atoms with Gasteiger partial charge in [0.25, 0.3) is 0 Å². The summed E-state index contributed by atoms with van der Waals surface area (Å²) in [4.78, 5) is 14.7. The highest BCUT2D eigenvalue weighted by Crippen LogP contribution is 2.31. The van der Waals surface area contributed by atoms with Gasteiger partial charge in [-0.1, -0.05) is 25.7 Å². The lowest BCUT2D eigenvalue weighted by Gasteiger charge is -2.26. The van der Waals surface area contributed by atoms with Gasteiger partial charge in [0.2, 0.25) is 5.91 Å². The smallest absolute Gasteiger partial charge is 0.222 e. The Morgan fingerprint density at radius 2 is 1.84 bits per heavy atom.